The van der Waals surface area contributed by atoms with Gasteiger partial charge in [0.15, 0.2) is 8.24 Å². The third-order valence-electron chi connectivity index (χ3n) is 2.96. The highest BCUT2D eigenvalue weighted by molar-refractivity contribution is 6.75. The first-order valence-electron chi connectivity index (χ1n) is 5.29. The molecule has 0 aliphatic carbocycles. The molecule has 0 saturated heterocycles. The van der Waals surface area contributed by atoms with Crippen molar-refractivity contribution in [1.29, 1.82) is 0 Å². The second-order valence-corrected chi connectivity index (χ2v) is 9.02. The maximum Gasteiger partial charge on any atom is 0.156 e. The topological polar surface area (TPSA) is 12.5 Å². The number of hydrogen-bond donors (Lipinski definition) is 0. The Hall–Kier alpha value is -0.643. The van der Waals surface area contributed by atoms with Gasteiger partial charge >= 0.3 is 0 Å². The molecule has 1 rings (SSSR count). The van der Waals surface area contributed by atoms with Crippen LogP contribution >= 0.6 is 0 Å². The van der Waals surface area contributed by atoms with Crippen LogP contribution in [0.3, 0.4) is 0 Å². The van der Waals surface area contributed by atoms with Crippen LogP contribution < -0.4 is 0 Å². The lowest BCUT2D eigenvalue weighted by atomic mass is 10.2. The van der Waals surface area contributed by atoms with Gasteiger partial charge < -0.3 is 9.30 Å². The summed E-state index contributed by atoms with van der Waals surface area (Å²) in [7, 11) is 4.66. The maximum absolute atomic E-state index is 5.36. The largest absolute Gasteiger partial charge is 0.386 e. The van der Waals surface area contributed by atoms with Gasteiger partial charge in [0.05, 0.1) is 6.23 Å². The SMILES string of the molecule is COC[Si](C)(Cc1ccccc1)N(C)C. The van der Waals surface area contributed by atoms with Gasteiger partial charge in [-0.05, 0) is 25.7 Å². The van der Waals surface area contributed by atoms with Crippen molar-refractivity contribution in [2.75, 3.05) is 27.4 Å². The van der Waals surface area contributed by atoms with Gasteiger partial charge in [0.1, 0.15) is 0 Å². The highest BCUT2D eigenvalue weighted by atomic mass is 28.3. The van der Waals surface area contributed by atoms with Gasteiger partial charge in [0.2, 0.25) is 0 Å². The number of methoxy groups -OCH3 is 1. The first kappa shape index (κ1) is 12.4. The van der Waals surface area contributed by atoms with E-state index in [1.165, 1.54) is 5.56 Å². The number of rotatable bonds is 5. The Morgan fingerprint density at radius 1 is 1.20 bits per heavy atom. The van der Waals surface area contributed by atoms with Crippen LogP contribution in [0.1, 0.15) is 5.56 Å². The van der Waals surface area contributed by atoms with Gasteiger partial charge in [-0.2, -0.15) is 0 Å². The smallest absolute Gasteiger partial charge is 0.156 e. The monoisotopic (exact) mass is 223 g/mol. The molecule has 0 spiro atoms. The van der Waals surface area contributed by atoms with Crippen LogP contribution in [0.4, 0.5) is 0 Å². The fraction of sp³-hybridized carbons (Fsp3) is 0.500. The third-order valence-corrected chi connectivity index (χ3v) is 7.20. The summed E-state index contributed by atoms with van der Waals surface area (Å²) in [4.78, 5) is 0. The molecule has 0 N–H and O–H groups in total. The number of ether oxygens (including phenoxy) is 1. The van der Waals surface area contributed by atoms with Crippen LogP contribution in [-0.4, -0.2) is 40.2 Å². The quantitative estimate of drug-likeness (QED) is 0.709. The Morgan fingerprint density at radius 3 is 2.27 bits per heavy atom. The molecule has 0 heterocycles. The summed E-state index contributed by atoms with van der Waals surface area (Å²) < 4.78 is 7.73. The third kappa shape index (κ3) is 3.45. The zero-order valence-corrected chi connectivity index (χ0v) is 11.2. The number of benzene rings is 1. The van der Waals surface area contributed by atoms with E-state index in [4.69, 9.17) is 4.74 Å². The standard InChI is InChI=1S/C12H21NOSi/c1-13(2)15(4,11-14-3)10-12-8-6-5-7-9-12/h5-9H,10-11H2,1-4H3. The van der Waals surface area contributed by atoms with Crippen LogP contribution in [-0.2, 0) is 10.8 Å². The normalized spacial score (nSPS) is 15.3. The van der Waals surface area contributed by atoms with E-state index >= 15 is 0 Å². The Morgan fingerprint density at radius 2 is 1.80 bits per heavy atom. The maximum atomic E-state index is 5.36. The summed E-state index contributed by atoms with van der Waals surface area (Å²) in [5, 5.41) is 0. The molecule has 0 amide bonds. The van der Waals surface area contributed by atoms with Crippen molar-refractivity contribution in [1.82, 2.24) is 4.57 Å². The highest BCUT2D eigenvalue weighted by Crippen LogP contribution is 2.14. The molecule has 0 saturated carbocycles. The summed E-state index contributed by atoms with van der Waals surface area (Å²) in [6.07, 6.45) is 0.884. The lowest BCUT2D eigenvalue weighted by Crippen LogP contribution is -2.53. The fourth-order valence-corrected chi connectivity index (χ4v) is 4.10. The highest BCUT2D eigenvalue weighted by Gasteiger charge is 2.30. The summed E-state index contributed by atoms with van der Waals surface area (Å²) in [6.45, 7) is 2.36. The van der Waals surface area contributed by atoms with Crippen molar-refractivity contribution >= 4 is 8.24 Å². The van der Waals surface area contributed by atoms with E-state index in [9.17, 15) is 0 Å². The van der Waals surface area contributed by atoms with Crippen molar-refractivity contribution in [3.8, 4) is 0 Å². The molecule has 0 aromatic heterocycles. The second kappa shape index (κ2) is 5.44. The zero-order valence-electron chi connectivity index (χ0n) is 10.2. The molecule has 1 unspecified atom stereocenters. The minimum atomic E-state index is -1.46. The molecular formula is C12H21NOSi. The van der Waals surface area contributed by atoms with Crippen molar-refractivity contribution < 1.29 is 4.74 Å². The first-order valence-corrected chi connectivity index (χ1v) is 8.15. The summed E-state index contributed by atoms with van der Waals surface area (Å²) in [5.41, 5.74) is 1.41. The molecule has 0 bridgehead atoms. The van der Waals surface area contributed by atoms with E-state index in [0.29, 0.717) is 0 Å². The van der Waals surface area contributed by atoms with E-state index in [-0.39, 0.29) is 0 Å². The molecule has 3 heteroatoms. The molecule has 0 radical (unpaired) electrons. The minimum Gasteiger partial charge on any atom is -0.386 e. The van der Waals surface area contributed by atoms with E-state index in [0.717, 1.165) is 12.3 Å². The lowest BCUT2D eigenvalue weighted by Gasteiger charge is -2.33. The average molecular weight is 223 g/mol. The van der Waals surface area contributed by atoms with Gasteiger partial charge in [0.25, 0.3) is 0 Å². The first-order chi connectivity index (χ1) is 7.08. The number of nitrogens with zero attached hydrogens (tertiary/aromatic N) is 1. The van der Waals surface area contributed by atoms with Crippen molar-refractivity contribution in [2.24, 2.45) is 0 Å². The second-order valence-electron chi connectivity index (χ2n) is 4.49. The predicted molar refractivity (Wildman–Crippen MR) is 67.3 cm³/mol. The number of hydrogen-bond acceptors (Lipinski definition) is 2. The van der Waals surface area contributed by atoms with Crippen LogP contribution in [0.15, 0.2) is 30.3 Å². The molecular weight excluding hydrogens is 202 g/mol. The molecule has 0 fully saturated rings. The summed E-state index contributed by atoms with van der Waals surface area (Å²) in [5.74, 6) is 0. The Labute approximate surface area is 94.0 Å². The Kier molecular flexibility index (Phi) is 4.51. The fourth-order valence-electron chi connectivity index (χ4n) is 1.68. The van der Waals surface area contributed by atoms with Crippen molar-refractivity contribution in [2.45, 2.75) is 12.6 Å². The van der Waals surface area contributed by atoms with E-state index in [1.54, 1.807) is 7.11 Å². The van der Waals surface area contributed by atoms with Crippen LogP contribution in [0, 0.1) is 0 Å². The van der Waals surface area contributed by atoms with E-state index in [1.807, 2.05) is 0 Å². The molecule has 1 aromatic carbocycles. The van der Waals surface area contributed by atoms with E-state index in [2.05, 4.69) is 55.5 Å². The summed E-state index contributed by atoms with van der Waals surface area (Å²) >= 11 is 0. The van der Waals surface area contributed by atoms with Crippen molar-refractivity contribution in [3.05, 3.63) is 35.9 Å². The van der Waals surface area contributed by atoms with Gasteiger partial charge in [-0.3, -0.25) is 0 Å². The Balaban J connectivity index is 2.75. The van der Waals surface area contributed by atoms with Gasteiger partial charge in [-0.1, -0.05) is 36.9 Å². The zero-order chi connectivity index (χ0) is 11.3. The summed E-state index contributed by atoms with van der Waals surface area (Å²) in [6, 6.07) is 11.8. The molecule has 1 atom stereocenters. The average Bonchev–Trinajstić information content (AvgIpc) is 2.19. The van der Waals surface area contributed by atoms with Crippen molar-refractivity contribution in [3.63, 3.8) is 0 Å². The van der Waals surface area contributed by atoms with E-state index < -0.39 is 8.24 Å². The molecule has 15 heavy (non-hydrogen) atoms. The molecule has 0 aliphatic heterocycles. The Bertz CT molecular complexity index is 289. The van der Waals surface area contributed by atoms with Crippen LogP contribution in [0.25, 0.3) is 0 Å². The van der Waals surface area contributed by atoms with Crippen LogP contribution in [0.5, 0.6) is 0 Å². The van der Waals surface area contributed by atoms with Gasteiger partial charge in [0, 0.05) is 7.11 Å². The lowest BCUT2D eigenvalue weighted by molar-refractivity contribution is 0.237. The molecule has 84 valence electrons. The molecule has 0 aliphatic rings. The van der Waals surface area contributed by atoms with Gasteiger partial charge in [-0.15, -0.1) is 0 Å². The molecule has 1 aromatic rings. The van der Waals surface area contributed by atoms with Crippen LogP contribution in [0.2, 0.25) is 6.55 Å². The van der Waals surface area contributed by atoms with Gasteiger partial charge in [-0.25, -0.2) is 0 Å². The minimum absolute atomic E-state index is 0.884. The predicted octanol–water partition coefficient (Wildman–Crippen LogP) is 2.09. The molecule has 2 nitrogen and oxygen atoms in total.